The van der Waals surface area contributed by atoms with Gasteiger partial charge in [0.15, 0.2) is 0 Å². The van der Waals surface area contributed by atoms with Crippen molar-refractivity contribution in [3.8, 4) is 17.3 Å². The first-order chi connectivity index (χ1) is 16.8. The summed E-state index contributed by atoms with van der Waals surface area (Å²) in [6.07, 6.45) is 0.545. The second-order valence-corrected chi connectivity index (χ2v) is 10.5. The first-order valence-electron chi connectivity index (χ1n) is 10.5. The van der Waals surface area contributed by atoms with Gasteiger partial charge in [-0.2, -0.15) is 18.7 Å². The Balaban J connectivity index is 1.86. The molecule has 0 aliphatic rings. The molecular weight excluding hydrogens is 537 g/mol. The van der Waals surface area contributed by atoms with Crippen LogP contribution in [0.25, 0.3) is 11.3 Å². The topological polar surface area (TPSA) is 124 Å². The van der Waals surface area contributed by atoms with E-state index in [9.17, 15) is 22.0 Å². The van der Waals surface area contributed by atoms with Gasteiger partial charge in [0.1, 0.15) is 11.1 Å². The number of methoxy groups -OCH3 is 1. The lowest BCUT2D eigenvalue weighted by molar-refractivity contribution is -0.143. The number of ether oxygens (including phenoxy) is 1. The van der Waals surface area contributed by atoms with Crippen molar-refractivity contribution in [2.75, 3.05) is 19.0 Å². The fourth-order valence-electron chi connectivity index (χ4n) is 3.23. The van der Waals surface area contributed by atoms with Gasteiger partial charge in [-0.25, -0.2) is 13.6 Å². The molecule has 36 heavy (non-hydrogen) atoms. The number of carbonyl (C=O) groups excluding carboxylic acids is 1. The van der Waals surface area contributed by atoms with E-state index >= 15 is 0 Å². The molecule has 0 amide bonds. The van der Waals surface area contributed by atoms with Crippen molar-refractivity contribution in [3.63, 3.8) is 0 Å². The van der Waals surface area contributed by atoms with Gasteiger partial charge in [-0.3, -0.25) is 4.79 Å². The Labute approximate surface area is 216 Å². The van der Waals surface area contributed by atoms with Gasteiger partial charge < -0.3 is 10.1 Å². The van der Waals surface area contributed by atoms with E-state index < -0.39 is 32.5 Å². The number of carbonyl (C=O) groups is 1. The molecule has 0 radical (unpaired) electrons. The summed E-state index contributed by atoms with van der Waals surface area (Å²) < 4.78 is 57.8. The molecule has 0 bridgehead atoms. The van der Waals surface area contributed by atoms with Crippen LogP contribution in [0.1, 0.15) is 18.1 Å². The summed E-state index contributed by atoms with van der Waals surface area (Å²) in [5, 5.41) is 6.96. The molecular formula is C23H22Cl2F2N4O4S. The Hall–Kier alpha value is -2.86. The summed E-state index contributed by atoms with van der Waals surface area (Å²) in [5.74, 6) is -5.57. The number of hydrogen-bond donors (Lipinski definition) is 2. The standard InChI is InChI=1S/C23H22Cl2F2N4O4S/c1-13(36(28,33)34)21(32)23(26,27)16-5-3-4-15(10-16)19-12-20(31-22(30-19)35-2)29-9-8-14-6-7-17(24)11-18(14)25/h3-7,10-13H,8-9H2,1-2H3,(H2,28,33,34)(H,29,30,31). The smallest absolute Gasteiger partial charge is 0.331 e. The van der Waals surface area contributed by atoms with Crippen LogP contribution in [-0.2, 0) is 27.2 Å². The number of anilines is 1. The van der Waals surface area contributed by atoms with Gasteiger partial charge in [0, 0.05) is 33.8 Å². The number of hydrogen-bond acceptors (Lipinski definition) is 7. The SMILES string of the molecule is COc1nc(NCCc2ccc(Cl)cc2Cl)cc(-c2cccc(C(F)(F)C(=O)C(C)S(N)(=O)=O)c2)n1. The Kier molecular flexibility index (Phi) is 8.50. The number of primary sulfonamides is 1. The van der Waals surface area contributed by atoms with Crippen LogP contribution in [0.15, 0.2) is 48.5 Å². The highest BCUT2D eigenvalue weighted by atomic mass is 35.5. The van der Waals surface area contributed by atoms with Crippen molar-refractivity contribution in [2.45, 2.75) is 24.5 Å². The molecule has 0 saturated heterocycles. The number of nitrogens with two attached hydrogens (primary N) is 1. The van der Waals surface area contributed by atoms with E-state index in [1.54, 1.807) is 12.1 Å². The second-order valence-electron chi connectivity index (χ2n) is 7.79. The minimum absolute atomic E-state index is 0.0180. The molecule has 0 spiro atoms. The Morgan fingerprint density at radius 2 is 1.89 bits per heavy atom. The fraction of sp³-hybridized carbons (Fsp3) is 0.261. The molecule has 3 N–H and O–H groups in total. The van der Waals surface area contributed by atoms with Gasteiger partial charge in [0.2, 0.25) is 15.8 Å². The molecule has 1 heterocycles. The predicted octanol–water partition coefficient (Wildman–Crippen LogP) is 4.45. The normalized spacial score (nSPS) is 12.8. The van der Waals surface area contributed by atoms with E-state index in [1.165, 1.54) is 25.3 Å². The van der Waals surface area contributed by atoms with Crippen LogP contribution in [0.4, 0.5) is 14.6 Å². The summed E-state index contributed by atoms with van der Waals surface area (Å²) in [7, 11) is -3.14. The number of rotatable bonds is 10. The van der Waals surface area contributed by atoms with Gasteiger partial charge in [-0.1, -0.05) is 47.5 Å². The monoisotopic (exact) mass is 558 g/mol. The molecule has 8 nitrogen and oxygen atoms in total. The lowest BCUT2D eigenvalue weighted by atomic mass is 9.99. The molecule has 2 aromatic carbocycles. The molecule has 1 unspecified atom stereocenters. The van der Waals surface area contributed by atoms with Gasteiger partial charge in [-0.05, 0) is 37.1 Å². The summed E-state index contributed by atoms with van der Waals surface area (Å²) in [5.41, 5.74) is 0.624. The van der Waals surface area contributed by atoms with Crippen molar-refractivity contribution in [1.29, 1.82) is 0 Å². The molecule has 3 rings (SSSR count). The van der Waals surface area contributed by atoms with E-state index in [0.29, 0.717) is 28.8 Å². The van der Waals surface area contributed by atoms with Gasteiger partial charge in [0.05, 0.1) is 12.8 Å². The number of ketones is 1. The molecule has 1 aromatic heterocycles. The van der Waals surface area contributed by atoms with Crippen LogP contribution < -0.4 is 15.2 Å². The predicted molar refractivity (Wildman–Crippen MR) is 134 cm³/mol. The summed E-state index contributed by atoms with van der Waals surface area (Å²) >= 11 is 12.1. The van der Waals surface area contributed by atoms with E-state index in [4.69, 9.17) is 33.1 Å². The van der Waals surface area contributed by atoms with Gasteiger partial charge in [-0.15, -0.1) is 0 Å². The highest BCUT2D eigenvalue weighted by Gasteiger charge is 2.46. The van der Waals surface area contributed by atoms with Crippen LogP contribution >= 0.6 is 23.2 Å². The van der Waals surface area contributed by atoms with E-state index in [-0.39, 0.29) is 17.3 Å². The lowest BCUT2D eigenvalue weighted by Crippen LogP contribution is -2.41. The van der Waals surface area contributed by atoms with Crippen molar-refractivity contribution in [2.24, 2.45) is 5.14 Å². The largest absolute Gasteiger partial charge is 0.467 e. The quantitative estimate of drug-likeness (QED) is 0.376. The van der Waals surface area contributed by atoms with Gasteiger partial charge in [0.25, 0.3) is 0 Å². The zero-order valence-electron chi connectivity index (χ0n) is 19.1. The lowest BCUT2D eigenvalue weighted by Gasteiger charge is -2.19. The Morgan fingerprint density at radius 3 is 2.53 bits per heavy atom. The molecule has 1 atom stereocenters. The fourth-order valence-corrected chi connectivity index (χ4v) is 4.17. The minimum atomic E-state index is -4.49. The highest BCUT2D eigenvalue weighted by molar-refractivity contribution is 7.90. The molecule has 192 valence electrons. The summed E-state index contributed by atoms with van der Waals surface area (Å²) in [4.78, 5) is 20.6. The maximum absolute atomic E-state index is 14.9. The van der Waals surface area contributed by atoms with Crippen LogP contribution in [0.2, 0.25) is 10.0 Å². The number of aromatic nitrogens is 2. The van der Waals surface area contributed by atoms with Gasteiger partial charge >= 0.3 is 11.9 Å². The third kappa shape index (κ3) is 6.47. The molecule has 13 heteroatoms. The maximum Gasteiger partial charge on any atom is 0.331 e. The van der Waals surface area contributed by atoms with E-state index in [2.05, 4.69) is 15.3 Å². The number of Topliss-reactive ketones (excluding diaryl/α,β-unsaturated/α-hetero) is 1. The number of benzene rings is 2. The average Bonchev–Trinajstić information content (AvgIpc) is 2.83. The number of alkyl halides is 2. The molecule has 0 saturated carbocycles. The number of nitrogens with zero attached hydrogens (tertiary/aromatic N) is 2. The van der Waals surface area contributed by atoms with Crippen LogP contribution in [-0.4, -0.2) is 43.1 Å². The average molecular weight is 559 g/mol. The van der Waals surface area contributed by atoms with Crippen LogP contribution in [0, 0.1) is 0 Å². The second kappa shape index (κ2) is 11.0. The van der Waals surface area contributed by atoms with Crippen molar-refractivity contribution < 1.29 is 26.7 Å². The zero-order chi connectivity index (χ0) is 26.7. The van der Waals surface area contributed by atoms with E-state index in [0.717, 1.165) is 24.6 Å². The Bertz CT molecular complexity index is 1390. The van der Waals surface area contributed by atoms with Crippen molar-refractivity contribution >= 4 is 44.8 Å². The summed E-state index contributed by atoms with van der Waals surface area (Å²) in [6, 6.07) is 11.6. The Morgan fingerprint density at radius 1 is 1.17 bits per heavy atom. The minimum Gasteiger partial charge on any atom is -0.467 e. The first kappa shape index (κ1) is 27.7. The van der Waals surface area contributed by atoms with Crippen LogP contribution in [0.5, 0.6) is 6.01 Å². The molecule has 3 aromatic rings. The third-order valence-corrected chi connectivity index (χ3v) is 7.08. The molecule has 0 aliphatic heterocycles. The molecule has 0 fully saturated rings. The number of halogens is 4. The molecule has 0 aliphatic carbocycles. The maximum atomic E-state index is 14.9. The summed E-state index contributed by atoms with van der Waals surface area (Å²) in [6.45, 7) is 1.25. The zero-order valence-corrected chi connectivity index (χ0v) is 21.5. The number of nitrogens with one attached hydrogen (secondary N) is 1. The van der Waals surface area contributed by atoms with Crippen molar-refractivity contribution in [1.82, 2.24) is 9.97 Å². The number of sulfonamides is 1. The van der Waals surface area contributed by atoms with Crippen LogP contribution in [0.3, 0.4) is 0 Å². The van der Waals surface area contributed by atoms with E-state index in [1.807, 2.05) is 6.07 Å². The first-order valence-corrected chi connectivity index (χ1v) is 12.8. The van der Waals surface area contributed by atoms with Crippen molar-refractivity contribution in [3.05, 3.63) is 69.7 Å². The highest BCUT2D eigenvalue weighted by Crippen LogP contribution is 2.34. The third-order valence-electron chi connectivity index (χ3n) is 5.30.